The van der Waals surface area contributed by atoms with Crippen LogP contribution in [0.4, 0.5) is 0 Å². The number of nitrogens with zero attached hydrogens (tertiary/aromatic N) is 3. The zero-order valence-corrected chi connectivity index (χ0v) is 13.8. The summed E-state index contributed by atoms with van der Waals surface area (Å²) in [6, 6.07) is 7.76. The summed E-state index contributed by atoms with van der Waals surface area (Å²) in [7, 11) is 0. The van der Waals surface area contributed by atoms with Gasteiger partial charge in [-0.2, -0.15) is 0 Å². The third kappa shape index (κ3) is 3.42. The second-order valence-electron chi connectivity index (χ2n) is 5.14. The van der Waals surface area contributed by atoms with Gasteiger partial charge in [-0.1, -0.05) is 12.1 Å². The van der Waals surface area contributed by atoms with E-state index in [1.54, 1.807) is 4.68 Å². The fourth-order valence-corrected chi connectivity index (χ4v) is 3.02. The number of hydrogen-bond acceptors (Lipinski definition) is 5. The SMILES string of the molecule is OC1CCN(Cn2nc(-c3ccccc3Br)oc2=S)CC1. The molecule has 5 nitrogen and oxygen atoms in total. The molecule has 1 aromatic heterocycles. The van der Waals surface area contributed by atoms with E-state index in [1.165, 1.54) is 0 Å². The molecule has 0 atom stereocenters. The molecule has 0 amide bonds. The van der Waals surface area contributed by atoms with Crippen molar-refractivity contribution in [3.63, 3.8) is 0 Å². The average Bonchev–Trinajstić information content (AvgIpc) is 2.83. The van der Waals surface area contributed by atoms with Crippen molar-refractivity contribution in [3.05, 3.63) is 33.6 Å². The van der Waals surface area contributed by atoms with Gasteiger partial charge in [-0.3, -0.25) is 4.90 Å². The van der Waals surface area contributed by atoms with Crippen LogP contribution in [0, 0.1) is 4.84 Å². The molecule has 1 aliphatic heterocycles. The van der Waals surface area contributed by atoms with Crippen LogP contribution in [0.25, 0.3) is 11.5 Å². The first-order valence-electron chi connectivity index (χ1n) is 6.87. The topological polar surface area (TPSA) is 54.4 Å². The Kier molecular flexibility index (Phi) is 4.54. The first-order valence-corrected chi connectivity index (χ1v) is 8.07. The summed E-state index contributed by atoms with van der Waals surface area (Å²) < 4.78 is 8.23. The van der Waals surface area contributed by atoms with Crippen molar-refractivity contribution < 1.29 is 9.52 Å². The molecule has 1 saturated heterocycles. The van der Waals surface area contributed by atoms with E-state index < -0.39 is 0 Å². The molecule has 0 aliphatic carbocycles. The lowest BCUT2D eigenvalue weighted by Gasteiger charge is -2.28. The standard InChI is InChI=1S/C14H16BrN3O2S/c15-12-4-2-1-3-11(12)13-16-18(14(21)20-13)9-17-7-5-10(19)6-8-17/h1-4,10,19H,5-9H2. The number of halogens is 1. The molecule has 0 bridgehead atoms. The molecule has 7 heteroatoms. The van der Waals surface area contributed by atoms with Gasteiger partial charge in [-0.05, 0) is 53.1 Å². The Morgan fingerprint density at radius 3 is 2.76 bits per heavy atom. The first kappa shape index (κ1) is 14.9. The highest BCUT2D eigenvalue weighted by Gasteiger charge is 2.19. The van der Waals surface area contributed by atoms with Gasteiger partial charge in [0.15, 0.2) is 0 Å². The second-order valence-corrected chi connectivity index (χ2v) is 6.35. The van der Waals surface area contributed by atoms with Crippen molar-refractivity contribution in [2.75, 3.05) is 13.1 Å². The molecule has 21 heavy (non-hydrogen) atoms. The molecule has 2 heterocycles. The molecule has 3 rings (SSSR count). The lowest BCUT2D eigenvalue weighted by atomic mass is 10.1. The van der Waals surface area contributed by atoms with Crippen molar-refractivity contribution in [3.8, 4) is 11.5 Å². The number of benzene rings is 1. The number of likely N-dealkylation sites (tertiary alicyclic amines) is 1. The van der Waals surface area contributed by atoms with E-state index in [0.29, 0.717) is 17.4 Å². The molecule has 0 radical (unpaired) electrons. The Hall–Kier alpha value is -1.02. The van der Waals surface area contributed by atoms with Gasteiger partial charge in [-0.25, -0.2) is 4.68 Å². The highest BCUT2D eigenvalue weighted by Crippen LogP contribution is 2.26. The van der Waals surface area contributed by atoms with Crippen molar-refractivity contribution in [2.24, 2.45) is 0 Å². The number of piperidine rings is 1. The summed E-state index contributed by atoms with van der Waals surface area (Å²) in [4.78, 5) is 2.58. The molecule has 2 aromatic rings. The molecule has 0 unspecified atom stereocenters. The van der Waals surface area contributed by atoms with E-state index in [-0.39, 0.29) is 6.10 Å². The minimum absolute atomic E-state index is 0.178. The fraction of sp³-hybridized carbons (Fsp3) is 0.429. The third-order valence-electron chi connectivity index (χ3n) is 3.60. The maximum absolute atomic E-state index is 9.54. The number of hydrogen-bond donors (Lipinski definition) is 1. The second kappa shape index (κ2) is 6.39. The van der Waals surface area contributed by atoms with Crippen LogP contribution in [0.1, 0.15) is 12.8 Å². The first-order chi connectivity index (χ1) is 10.1. The van der Waals surface area contributed by atoms with Crippen LogP contribution in [-0.2, 0) is 6.67 Å². The largest absolute Gasteiger partial charge is 0.409 e. The summed E-state index contributed by atoms with van der Waals surface area (Å²) in [5, 5.41) is 14.0. The van der Waals surface area contributed by atoms with Gasteiger partial charge < -0.3 is 9.52 Å². The predicted octanol–water partition coefficient (Wildman–Crippen LogP) is 3.05. The zero-order chi connectivity index (χ0) is 14.8. The quantitative estimate of drug-likeness (QED) is 0.842. The smallest absolute Gasteiger partial charge is 0.288 e. The van der Waals surface area contributed by atoms with Gasteiger partial charge >= 0.3 is 0 Å². The molecule has 112 valence electrons. The van der Waals surface area contributed by atoms with Crippen molar-refractivity contribution in [1.29, 1.82) is 0 Å². The van der Waals surface area contributed by atoms with Gasteiger partial charge in [-0.15, -0.1) is 5.10 Å². The van der Waals surface area contributed by atoms with Gasteiger partial charge in [0.05, 0.1) is 18.3 Å². The molecular weight excluding hydrogens is 354 g/mol. The van der Waals surface area contributed by atoms with Crippen LogP contribution in [0.2, 0.25) is 0 Å². The number of rotatable bonds is 3. The van der Waals surface area contributed by atoms with E-state index in [1.807, 2.05) is 24.3 Å². The van der Waals surface area contributed by atoms with Gasteiger partial charge in [0.2, 0.25) is 5.89 Å². The number of aromatic nitrogens is 2. The van der Waals surface area contributed by atoms with Crippen molar-refractivity contribution in [2.45, 2.75) is 25.6 Å². The van der Waals surface area contributed by atoms with Crippen LogP contribution in [0.3, 0.4) is 0 Å². The predicted molar refractivity (Wildman–Crippen MR) is 85.3 cm³/mol. The van der Waals surface area contributed by atoms with Crippen LogP contribution in [0.15, 0.2) is 33.2 Å². The highest BCUT2D eigenvalue weighted by atomic mass is 79.9. The Bertz CT molecular complexity index is 677. The van der Waals surface area contributed by atoms with E-state index >= 15 is 0 Å². The minimum atomic E-state index is -0.178. The van der Waals surface area contributed by atoms with Crippen LogP contribution < -0.4 is 0 Å². The Morgan fingerprint density at radius 2 is 2.05 bits per heavy atom. The van der Waals surface area contributed by atoms with Crippen LogP contribution in [-0.4, -0.2) is 39.0 Å². The zero-order valence-electron chi connectivity index (χ0n) is 11.4. The fourth-order valence-electron chi connectivity index (χ4n) is 2.39. The monoisotopic (exact) mass is 369 g/mol. The average molecular weight is 370 g/mol. The maximum atomic E-state index is 9.54. The Balaban J connectivity index is 1.79. The van der Waals surface area contributed by atoms with Crippen LogP contribution >= 0.6 is 28.1 Å². The molecule has 0 saturated carbocycles. The summed E-state index contributed by atoms with van der Waals surface area (Å²) in [5.41, 5.74) is 0.886. The van der Waals surface area contributed by atoms with Crippen molar-refractivity contribution in [1.82, 2.24) is 14.7 Å². The number of aliphatic hydroxyl groups is 1. The summed E-state index contributed by atoms with van der Waals surface area (Å²) in [6.07, 6.45) is 1.41. The normalized spacial score (nSPS) is 17.2. The van der Waals surface area contributed by atoms with Crippen molar-refractivity contribution >= 4 is 28.1 Å². The molecule has 0 spiro atoms. The summed E-state index contributed by atoms with van der Waals surface area (Å²) >= 11 is 8.74. The maximum Gasteiger partial charge on any atom is 0.288 e. The van der Waals surface area contributed by atoms with E-state index in [4.69, 9.17) is 16.6 Å². The minimum Gasteiger partial charge on any atom is -0.409 e. The number of aliphatic hydroxyl groups excluding tert-OH is 1. The molecule has 1 aromatic carbocycles. The lowest BCUT2D eigenvalue weighted by Crippen LogP contribution is -2.37. The third-order valence-corrected chi connectivity index (χ3v) is 4.59. The highest BCUT2D eigenvalue weighted by molar-refractivity contribution is 9.10. The molecule has 1 N–H and O–H groups in total. The van der Waals surface area contributed by atoms with Gasteiger partial charge in [0.25, 0.3) is 4.84 Å². The summed E-state index contributed by atoms with van der Waals surface area (Å²) in [5.74, 6) is 0.518. The molecular formula is C14H16BrN3O2S. The molecule has 1 fully saturated rings. The van der Waals surface area contributed by atoms with E-state index in [9.17, 15) is 5.11 Å². The Morgan fingerprint density at radius 1 is 1.33 bits per heavy atom. The van der Waals surface area contributed by atoms with E-state index in [0.717, 1.165) is 36.0 Å². The van der Waals surface area contributed by atoms with Gasteiger partial charge in [0.1, 0.15) is 0 Å². The molecule has 1 aliphatic rings. The Labute approximate surface area is 136 Å². The lowest BCUT2D eigenvalue weighted by molar-refractivity contribution is 0.0647. The summed E-state index contributed by atoms with van der Waals surface area (Å²) in [6.45, 7) is 2.29. The van der Waals surface area contributed by atoms with Crippen LogP contribution in [0.5, 0.6) is 0 Å². The van der Waals surface area contributed by atoms with Gasteiger partial charge in [0, 0.05) is 17.6 Å². The van der Waals surface area contributed by atoms with E-state index in [2.05, 4.69) is 25.9 Å².